The summed E-state index contributed by atoms with van der Waals surface area (Å²) in [7, 11) is -0.626. The lowest BCUT2D eigenvalue weighted by atomic mass is 9.73. The Morgan fingerprint density at radius 3 is 2.71 bits per heavy atom. The average molecular weight is 402 g/mol. The number of hydrogen-bond donors (Lipinski definition) is 2. The number of aryl methyl sites for hydroxylation is 1. The van der Waals surface area contributed by atoms with Gasteiger partial charge >= 0.3 is 10.2 Å². The van der Waals surface area contributed by atoms with Crippen molar-refractivity contribution in [1.82, 2.24) is 9.29 Å². The Hall–Kier alpha value is -2.38. The number of nitrogens with one attached hydrogen (secondary N) is 2. The summed E-state index contributed by atoms with van der Waals surface area (Å²) < 4.78 is 42.1. The van der Waals surface area contributed by atoms with Gasteiger partial charge in [0.05, 0.1) is 11.2 Å². The molecule has 0 aliphatic heterocycles. The number of H-pyrrole nitrogens is 1. The summed E-state index contributed by atoms with van der Waals surface area (Å²) in [5.41, 5.74) is 4.41. The molecule has 4 rings (SSSR count). The third-order valence-electron chi connectivity index (χ3n) is 5.96. The van der Waals surface area contributed by atoms with Gasteiger partial charge in [0, 0.05) is 31.1 Å². The van der Waals surface area contributed by atoms with Crippen LogP contribution >= 0.6 is 0 Å². The first-order valence-corrected chi connectivity index (χ1v) is 10.8. The number of anilines is 1. The second-order valence-electron chi connectivity index (χ2n) is 7.56. The fourth-order valence-corrected chi connectivity index (χ4v) is 5.05. The van der Waals surface area contributed by atoms with Gasteiger partial charge in [0.1, 0.15) is 5.82 Å². The van der Waals surface area contributed by atoms with Gasteiger partial charge in [-0.1, -0.05) is 25.1 Å². The molecule has 1 atom stereocenters. The molecule has 2 N–H and O–H groups in total. The van der Waals surface area contributed by atoms with Crippen LogP contribution in [0.25, 0.3) is 10.9 Å². The maximum Gasteiger partial charge on any atom is 0.301 e. The van der Waals surface area contributed by atoms with Crippen LogP contribution in [0.3, 0.4) is 0 Å². The minimum absolute atomic E-state index is 0.204. The van der Waals surface area contributed by atoms with Gasteiger partial charge in [0.2, 0.25) is 0 Å². The Kier molecular flexibility index (Phi) is 4.47. The number of para-hydroxylation sites is 1. The van der Waals surface area contributed by atoms with Crippen LogP contribution in [-0.4, -0.2) is 31.8 Å². The zero-order chi connectivity index (χ0) is 20.1. The molecule has 5 nitrogen and oxygen atoms in total. The maximum absolute atomic E-state index is 13.7. The van der Waals surface area contributed by atoms with Crippen molar-refractivity contribution in [1.29, 1.82) is 0 Å². The van der Waals surface area contributed by atoms with E-state index >= 15 is 0 Å². The van der Waals surface area contributed by atoms with E-state index in [4.69, 9.17) is 0 Å². The topological polar surface area (TPSA) is 65.2 Å². The average Bonchev–Trinajstić information content (AvgIpc) is 3.23. The lowest BCUT2D eigenvalue weighted by Gasteiger charge is -2.29. The molecule has 0 saturated heterocycles. The summed E-state index contributed by atoms with van der Waals surface area (Å²) in [5, 5.41) is 0.984. The Balaban J connectivity index is 1.87. The van der Waals surface area contributed by atoms with Crippen molar-refractivity contribution in [2.24, 2.45) is 0 Å². The van der Waals surface area contributed by atoms with E-state index < -0.39 is 10.2 Å². The molecule has 1 heterocycles. The Labute approximate surface area is 164 Å². The predicted molar refractivity (Wildman–Crippen MR) is 110 cm³/mol. The van der Waals surface area contributed by atoms with Gasteiger partial charge in [-0.2, -0.15) is 12.7 Å². The summed E-state index contributed by atoms with van der Waals surface area (Å²) in [5.74, 6) is -0.204. The van der Waals surface area contributed by atoms with Crippen LogP contribution in [0.2, 0.25) is 0 Å². The first-order valence-electron chi connectivity index (χ1n) is 9.38. The van der Waals surface area contributed by atoms with Crippen molar-refractivity contribution >= 4 is 26.8 Å². The van der Waals surface area contributed by atoms with Gasteiger partial charge in [0.25, 0.3) is 0 Å². The molecule has 1 aliphatic carbocycles. The third kappa shape index (κ3) is 2.81. The summed E-state index contributed by atoms with van der Waals surface area (Å²) in [6, 6.07) is 10.7. The number of nitrogens with zero attached hydrogens (tertiary/aromatic N) is 1. The standard InChI is InChI=1S/C21H24FN3O2S/c1-4-21(11-10-14-12-15(22)8-9-17(14)21)18-13-23-20-16(18)6-5-7-19(20)24-28(26,27)25(2)3/h5-9,12-13,23-24H,4,10-11H2,1-3H3. The lowest BCUT2D eigenvalue weighted by molar-refractivity contribution is 0.496. The normalized spacial score (nSPS) is 19.3. The zero-order valence-corrected chi connectivity index (χ0v) is 17.0. The van der Waals surface area contributed by atoms with Gasteiger partial charge in [0.15, 0.2) is 0 Å². The Bertz CT molecular complexity index is 1150. The molecule has 28 heavy (non-hydrogen) atoms. The molecular weight excluding hydrogens is 377 g/mol. The highest BCUT2D eigenvalue weighted by molar-refractivity contribution is 7.90. The maximum atomic E-state index is 13.7. The predicted octanol–water partition coefficient (Wildman–Crippen LogP) is 4.17. The number of hydrogen-bond acceptors (Lipinski definition) is 2. The SMILES string of the molecule is CCC1(c2c[nH]c3c(NS(=O)(=O)N(C)C)cccc23)CCc2cc(F)ccc21. The van der Waals surface area contributed by atoms with Crippen LogP contribution in [0.4, 0.5) is 10.1 Å². The number of halogens is 1. The smallest absolute Gasteiger partial charge is 0.301 e. The highest BCUT2D eigenvalue weighted by atomic mass is 32.2. The van der Waals surface area contributed by atoms with Crippen LogP contribution < -0.4 is 4.72 Å². The summed E-state index contributed by atoms with van der Waals surface area (Å²) in [6.45, 7) is 2.15. The van der Waals surface area contributed by atoms with Crippen LogP contribution in [0.15, 0.2) is 42.6 Å². The minimum Gasteiger partial charge on any atom is -0.359 e. The number of benzene rings is 2. The highest BCUT2D eigenvalue weighted by Crippen LogP contribution is 2.49. The van der Waals surface area contributed by atoms with Crippen LogP contribution in [-0.2, 0) is 22.0 Å². The molecule has 1 aliphatic rings. The number of rotatable bonds is 5. The molecule has 3 aromatic rings. The third-order valence-corrected chi connectivity index (χ3v) is 7.40. The fraction of sp³-hybridized carbons (Fsp3) is 0.333. The fourth-order valence-electron chi connectivity index (χ4n) is 4.42. The van der Waals surface area contributed by atoms with E-state index in [1.54, 1.807) is 12.1 Å². The number of aromatic nitrogens is 1. The molecular formula is C21H24FN3O2S. The Morgan fingerprint density at radius 1 is 1.21 bits per heavy atom. The van der Waals surface area contributed by atoms with Crippen LogP contribution in [0.5, 0.6) is 0 Å². The molecule has 7 heteroatoms. The van der Waals surface area contributed by atoms with Crippen molar-refractivity contribution < 1.29 is 12.8 Å². The molecule has 2 aromatic carbocycles. The quantitative estimate of drug-likeness (QED) is 0.674. The molecule has 0 saturated carbocycles. The monoisotopic (exact) mass is 401 g/mol. The van der Waals surface area contributed by atoms with E-state index in [0.717, 1.165) is 51.2 Å². The van der Waals surface area contributed by atoms with Gasteiger partial charge in [-0.05, 0) is 54.2 Å². The van der Waals surface area contributed by atoms with E-state index in [0.29, 0.717) is 5.69 Å². The molecule has 1 aromatic heterocycles. The molecule has 0 bridgehead atoms. The summed E-state index contributed by atoms with van der Waals surface area (Å²) in [4.78, 5) is 3.28. The van der Waals surface area contributed by atoms with Crippen molar-refractivity contribution in [3.8, 4) is 0 Å². The summed E-state index contributed by atoms with van der Waals surface area (Å²) >= 11 is 0. The van der Waals surface area contributed by atoms with E-state index in [1.165, 1.54) is 20.2 Å². The van der Waals surface area contributed by atoms with E-state index in [9.17, 15) is 12.8 Å². The minimum atomic E-state index is -3.61. The molecule has 0 amide bonds. The molecule has 0 radical (unpaired) electrons. The Morgan fingerprint density at radius 2 is 2.00 bits per heavy atom. The molecule has 148 valence electrons. The van der Waals surface area contributed by atoms with Crippen molar-refractivity contribution in [3.63, 3.8) is 0 Å². The zero-order valence-electron chi connectivity index (χ0n) is 16.2. The van der Waals surface area contributed by atoms with Crippen LogP contribution in [0, 0.1) is 5.82 Å². The second-order valence-corrected chi connectivity index (χ2v) is 9.44. The largest absolute Gasteiger partial charge is 0.359 e. The van der Waals surface area contributed by atoms with Gasteiger partial charge in [-0.15, -0.1) is 0 Å². The first kappa shape index (κ1) is 19.0. The van der Waals surface area contributed by atoms with Crippen molar-refractivity contribution in [2.75, 3.05) is 18.8 Å². The lowest BCUT2D eigenvalue weighted by Crippen LogP contribution is -2.29. The molecule has 1 unspecified atom stereocenters. The van der Waals surface area contributed by atoms with E-state index in [-0.39, 0.29) is 11.2 Å². The van der Waals surface area contributed by atoms with E-state index in [2.05, 4.69) is 16.6 Å². The highest BCUT2D eigenvalue weighted by Gasteiger charge is 2.40. The van der Waals surface area contributed by atoms with Crippen molar-refractivity contribution in [3.05, 3.63) is 65.1 Å². The first-order chi connectivity index (χ1) is 13.3. The van der Waals surface area contributed by atoms with Gasteiger partial charge in [-0.25, -0.2) is 4.39 Å². The van der Waals surface area contributed by atoms with Crippen molar-refractivity contribution in [2.45, 2.75) is 31.6 Å². The van der Waals surface area contributed by atoms with Crippen LogP contribution in [0.1, 0.15) is 36.5 Å². The van der Waals surface area contributed by atoms with Gasteiger partial charge in [-0.3, -0.25) is 4.72 Å². The second kappa shape index (κ2) is 6.60. The molecule has 0 spiro atoms. The molecule has 0 fully saturated rings. The number of fused-ring (bicyclic) bond motifs is 2. The van der Waals surface area contributed by atoms with Gasteiger partial charge < -0.3 is 4.98 Å². The van der Waals surface area contributed by atoms with E-state index in [1.807, 2.05) is 24.4 Å². The number of aromatic amines is 1. The summed E-state index contributed by atoms with van der Waals surface area (Å²) in [6.07, 6.45) is 4.59.